The van der Waals surface area contributed by atoms with Gasteiger partial charge in [0, 0.05) is 18.7 Å². The molecule has 1 rings (SSSR count). The maximum absolute atomic E-state index is 12.6. The van der Waals surface area contributed by atoms with Crippen molar-refractivity contribution in [3.05, 3.63) is 17.6 Å². The number of furan rings is 1. The summed E-state index contributed by atoms with van der Waals surface area (Å²) in [6.07, 6.45) is 0. The Kier molecular flexibility index (Phi) is 6.40. The van der Waals surface area contributed by atoms with Crippen LogP contribution in [0, 0.1) is 12.8 Å². The second-order valence-electron chi connectivity index (χ2n) is 5.90. The van der Waals surface area contributed by atoms with E-state index >= 15 is 0 Å². The number of hydrogen-bond donors (Lipinski definition) is 2. The lowest BCUT2D eigenvalue weighted by atomic mass is 10.1. The molecule has 0 amide bonds. The molecule has 122 valence electrons. The average molecular weight is 317 g/mol. The van der Waals surface area contributed by atoms with Crippen molar-refractivity contribution in [1.82, 2.24) is 14.9 Å². The summed E-state index contributed by atoms with van der Waals surface area (Å²) in [6.45, 7) is 6.83. The van der Waals surface area contributed by atoms with Crippen LogP contribution in [-0.2, 0) is 16.6 Å². The van der Waals surface area contributed by atoms with Crippen LogP contribution in [0.15, 0.2) is 15.4 Å². The van der Waals surface area contributed by atoms with Crippen molar-refractivity contribution in [2.45, 2.75) is 38.3 Å². The Morgan fingerprint density at radius 1 is 1.33 bits per heavy atom. The maximum atomic E-state index is 12.6. The molecule has 0 aliphatic carbocycles. The standard InChI is InChI=1S/C14H27N3O3S/c1-10(2)13(9-17(5)6)16-21(18,19)14-7-12(8-15-4)20-11(14)3/h7,10,13,15-16H,8-9H2,1-6H3. The lowest BCUT2D eigenvalue weighted by Crippen LogP contribution is -2.44. The number of nitrogens with zero attached hydrogens (tertiary/aromatic N) is 1. The van der Waals surface area contributed by atoms with Gasteiger partial charge >= 0.3 is 0 Å². The van der Waals surface area contributed by atoms with Gasteiger partial charge in [-0.25, -0.2) is 13.1 Å². The number of likely N-dealkylation sites (N-methyl/N-ethyl adjacent to an activating group) is 1. The zero-order valence-electron chi connectivity index (χ0n) is 13.7. The molecule has 7 heteroatoms. The fourth-order valence-electron chi connectivity index (χ4n) is 2.09. The topological polar surface area (TPSA) is 74.6 Å². The van der Waals surface area contributed by atoms with Crippen molar-refractivity contribution in [3.63, 3.8) is 0 Å². The van der Waals surface area contributed by atoms with Crippen molar-refractivity contribution >= 4 is 10.0 Å². The number of nitrogens with one attached hydrogen (secondary N) is 2. The smallest absolute Gasteiger partial charge is 0.244 e. The van der Waals surface area contributed by atoms with Gasteiger partial charge < -0.3 is 14.6 Å². The lowest BCUT2D eigenvalue weighted by Gasteiger charge is -2.25. The zero-order chi connectivity index (χ0) is 16.2. The summed E-state index contributed by atoms with van der Waals surface area (Å²) in [6, 6.07) is 1.44. The second kappa shape index (κ2) is 7.40. The molecule has 2 N–H and O–H groups in total. The highest BCUT2D eigenvalue weighted by Gasteiger charge is 2.26. The van der Waals surface area contributed by atoms with Crippen LogP contribution < -0.4 is 10.0 Å². The normalized spacial score (nSPS) is 14.1. The SMILES string of the molecule is CNCc1cc(S(=O)(=O)NC(CN(C)C)C(C)C)c(C)o1. The fraction of sp³-hybridized carbons (Fsp3) is 0.714. The molecule has 0 aromatic carbocycles. The van der Waals surface area contributed by atoms with Crippen LogP contribution in [0.2, 0.25) is 0 Å². The summed E-state index contributed by atoms with van der Waals surface area (Å²) in [5.74, 6) is 1.23. The number of aryl methyl sites for hydroxylation is 1. The van der Waals surface area contributed by atoms with Crippen LogP contribution in [0.25, 0.3) is 0 Å². The first kappa shape index (κ1) is 18.2. The molecule has 0 saturated heterocycles. The van der Waals surface area contributed by atoms with Crippen LogP contribution in [0.1, 0.15) is 25.4 Å². The maximum Gasteiger partial charge on any atom is 0.244 e. The van der Waals surface area contributed by atoms with Crippen molar-refractivity contribution < 1.29 is 12.8 Å². The molecule has 0 radical (unpaired) electrons. The van der Waals surface area contributed by atoms with E-state index in [1.54, 1.807) is 20.0 Å². The predicted octanol–water partition coefficient (Wildman–Crippen LogP) is 1.17. The minimum atomic E-state index is -3.58. The van der Waals surface area contributed by atoms with E-state index in [1.165, 1.54) is 0 Å². The molecule has 0 bridgehead atoms. The Labute approximate surface area is 127 Å². The summed E-state index contributed by atoms with van der Waals surface area (Å²) in [4.78, 5) is 2.19. The van der Waals surface area contributed by atoms with Crippen molar-refractivity contribution in [2.75, 3.05) is 27.7 Å². The molecular weight excluding hydrogens is 290 g/mol. The van der Waals surface area contributed by atoms with E-state index < -0.39 is 10.0 Å². The van der Waals surface area contributed by atoms with E-state index in [9.17, 15) is 8.42 Å². The molecule has 0 aliphatic rings. The van der Waals surface area contributed by atoms with Crippen molar-refractivity contribution in [1.29, 1.82) is 0 Å². The van der Waals surface area contributed by atoms with E-state index in [-0.39, 0.29) is 16.9 Å². The van der Waals surface area contributed by atoms with Gasteiger partial charge in [0.15, 0.2) is 0 Å². The van der Waals surface area contributed by atoms with Gasteiger partial charge in [-0.3, -0.25) is 0 Å². The van der Waals surface area contributed by atoms with Gasteiger partial charge in [-0.05, 0) is 34.0 Å². The fourth-order valence-corrected chi connectivity index (χ4v) is 3.67. The molecule has 1 aromatic rings. The third kappa shape index (κ3) is 5.10. The largest absolute Gasteiger partial charge is 0.464 e. The third-order valence-electron chi connectivity index (χ3n) is 3.24. The Bertz CT molecular complexity index is 550. The van der Waals surface area contributed by atoms with E-state index in [0.717, 1.165) is 0 Å². The molecule has 0 saturated carbocycles. The highest BCUT2D eigenvalue weighted by molar-refractivity contribution is 7.89. The summed E-state index contributed by atoms with van der Waals surface area (Å²) in [5.41, 5.74) is 0. The van der Waals surface area contributed by atoms with Gasteiger partial charge in [0.05, 0.1) is 6.54 Å². The summed E-state index contributed by atoms with van der Waals surface area (Å²) in [5, 5.41) is 2.95. The Balaban J connectivity index is 2.99. The molecule has 0 aliphatic heterocycles. The third-order valence-corrected chi connectivity index (χ3v) is 4.83. The van der Waals surface area contributed by atoms with Crippen LogP contribution in [-0.4, -0.2) is 47.0 Å². The summed E-state index contributed by atoms with van der Waals surface area (Å²) < 4.78 is 33.4. The van der Waals surface area contributed by atoms with Gasteiger partial charge in [-0.1, -0.05) is 13.8 Å². The van der Waals surface area contributed by atoms with E-state index in [1.807, 2.05) is 32.8 Å². The van der Waals surface area contributed by atoms with Gasteiger partial charge in [0.2, 0.25) is 10.0 Å². The first-order valence-electron chi connectivity index (χ1n) is 7.08. The summed E-state index contributed by atoms with van der Waals surface area (Å²) >= 11 is 0. The first-order chi connectivity index (χ1) is 9.67. The Morgan fingerprint density at radius 2 is 1.95 bits per heavy atom. The van der Waals surface area contributed by atoms with Crippen molar-refractivity contribution in [3.8, 4) is 0 Å². The monoisotopic (exact) mass is 317 g/mol. The molecule has 1 aromatic heterocycles. The van der Waals surface area contributed by atoms with Gasteiger partial charge in [0.25, 0.3) is 0 Å². The van der Waals surface area contributed by atoms with Gasteiger partial charge in [-0.2, -0.15) is 0 Å². The van der Waals surface area contributed by atoms with Gasteiger partial charge in [0.1, 0.15) is 16.4 Å². The molecule has 1 atom stereocenters. The highest BCUT2D eigenvalue weighted by atomic mass is 32.2. The summed E-state index contributed by atoms with van der Waals surface area (Å²) in [7, 11) is 2.07. The van der Waals surface area contributed by atoms with Crippen molar-refractivity contribution in [2.24, 2.45) is 5.92 Å². The molecule has 6 nitrogen and oxygen atoms in total. The minimum Gasteiger partial charge on any atom is -0.464 e. The Hall–Kier alpha value is -0.890. The van der Waals surface area contributed by atoms with E-state index in [2.05, 4.69) is 10.0 Å². The van der Waals surface area contributed by atoms with E-state index in [0.29, 0.717) is 24.6 Å². The lowest BCUT2D eigenvalue weighted by molar-refractivity contribution is 0.314. The second-order valence-corrected chi connectivity index (χ2v) is 7.58. The molecular formula is C14H27N3O3S. The van der Waals surface area contributed by atoms with Crippen LogP contribution in [0.5, 0.6) is 0 Å². The molecule has 1 unspecified atom stereocenters. The van der Waals surface area contributed by atoms with Crippen LogP contribution in [0.3, 0.4) is 0 Å². The molecule has 21 heavy (non-hydrogen) atoms. The number of hydrogen-bond acceptors (Lipinski definition) is 5. The quantitative estimate of drug-likeness (QED) is 0.753. The number of sulfonamides is 1. The highest BCUT2D eigenvalue weighted by Crippen LogP contribution is 2.21. The molecule has 0 fully saturated rings. The molecule has 1 heterocycles. The number of rotatable bonds is 8. The predicted molar refractivity (Wildman–Crippen MR) is 83.7 cm³/mol. The van der Waals surface area contributed by atoms with Gasteiger partial charge in [-0.15, -0.1) is 0 Å². The Morgan fingerprint density at radius 3 is 2.43 bits per heavy atom. The first-order valence-corrected chi connectivity index (χ1v) is 8.56. The zero-order valence-corrected chi connectivity index (χ0v) is 14.5. The average Bonchev–Trinajstić information content (AvgIpc) is 2.69. The molecule has 0 spiro atoms. The van der Waals surface area contributed by atoms with Crippen LogP contribution >= 0.6 is 0 Å². The van der Waals surface area contributed by atoms with Crippen LogP contribution in [0.4, 0.5) is 0 Å². The minimum absolute atomic E-state index is 0.146. The van der Waals surface area contributed by atoms with E-state index in [4.69, 9.17) is 4.42 Å².